The molecule has 2 aliphatic rings. The van der Waals surface area contributed by atoms with Crippen LogP contribution in [0.15, 0.2) is 191 Å². The van der Waals surface area contributed by atoms with Crippen LogP contribution in [0.25, 0.3) is 105 Å². The van der Waals surface area contributed by atoms with E-state index in [0.717, 1.165) is 84.4 Å². The average Bonchev–Trinajstić information content (AvgIpc) is 4.05. The largest absolute Gasteiger partial charge is 0.460 e. The zero-order chi connectivity index (χ0) is 42.6. The van der Waals surface area contributed by atoms with Crippen molar-refractivity contribution < 1.29 is 8.83 Å². The SMILES string of the molecule is C1=Cc2c(oc3ccccc23)C(c2nc(C3=C(n4c5cc6ccccc6cc5c5c6ccccc6ccc54)c4oc5ccccc5c4CC3)nc(-c3cccc(-c4ccccc4)c3)n2)C1. The van der Waals surface area contributed by atoms with Crippen molar-refractivity contribution in [2.75, 3.05) is 0 Å². The molecule has 6 nitrogen and oxygen atoms in total. The Kier molecular flexibility index (Phi) is 7.83. The first kappa shape index (κ1) is 36.2. The van der Waals surface area contributed by atoms with Crippen molar-refractivity contribution in [3.05, 3.63) is 216 Å². The highest BCUT2D eigenvalue weighted by Gasteiger charge is 2.34. The summed E-state index contributed by atoms with van der Waals surface area (Å²) in [4.78, 5) is 16.5. The van der Waals surface area contributed by atoms with Crippen LogP contribution < -0.4 is 0 Å². The van der Waals surface area contributed by atoms with E-state index in [1.807, 2.05) is 18.2 Å². The van der Waals surface area contributed by atoms with Crippen molar-refractivity contribution in [1.82, 2.24) is 19.5 Å². The van der Waals surface area contributed by atoms with Gasteiger partial charge in [0, 0.05) is 43.8 Å². The van der Waals surface area contributed by atoms with Crippen LogP contribution in [0.2, 0.25) is 0 Å². The molecule has 0 N–H and O–H groups in total. The molecule has 8 aromatic carbocycles. The first-order valence-corrected chi connectivity index (χ1v) is 22.4. The molecule has 0 spiro atoms. The van der Waals surface area contributed by atoms with Crippen molar-refractivity contribution in [3.8, 4) is 22.5 Å². The first-order chi connectivity index (χ1) is 32.2. The van der Waals surface area contributed by atoms with Gasteiger partial charge in [0.1, 0.15) is 22.8 Å². The fourth-order valence-electron chi connectivity index (χ4n) is 10.7. The zero-order valence-electron chi connectivity index (χ0n) is 35.2. The van der Waals surface area contributed by atoms with Crippen molar-refractivity contribution in [2.45, 2.75) is 25.2 Å². The molecule has 65 heavy (non-hydrogen) atoms. The van der Waals surface area contributed by atoms with Crippen LogP contribution in [-0.4, -0.2) is 19.5 Å². The predicted octanol–water partition coefficient (Wildman–Crippen LogP) is 15.0. The van der Waals surface area contributed by atoms with Crippen LogP contribution in [0.3, 0.4) is 0 Å². The zero-order valence-corrected chi connectivity index (χ0v) is 35.2. The Labute approximate surface area is 373 Å². The van der Waals surface area contributed by atoms with E-state index in [2.05, 4.69) is 174 Å². The van der Waals surface area contributed by atoms with Gasteiger partial charge in [-0.05, 0) is 88.3 Å². The normalized spacial score (nSPS) is 14.9. The number of allylic oxidation sites excluding steroid dienone is 2. The van der Waals surface area contributed by atoms with Crippen molar-refractivity contribution in [3.63, 3.8) is 0 Å². The van der Waals surface area contributed by atoms with Gasteiger partial charge in [-0.1, -0.05) is 152 Å². The molecule has 306 valence electrons. The molecule has 12 aromatic rings. The second-order valence-electron chi connectivity index (χ2n) is 17.3. The number of hydrogen-bond donors (Lipinski definition) is 0. The Balaban J connectivity index is 1.09. The summed E-state index contributed by atoms with van der Waals surface area (Å²) in [5.41, 5.74) is 11.3. The van der Waals surface area contributed by atoms with Crippen LogP contribution in [-0.2, 0) is 6.42 Å². The summed E-state index contributed by atoms with van der Waals surface area (Å²) in [5.74, 6) is 3.45. The highest BCUT2D eigenvalue weighted by molar-refractivity contribution is 6.24. The first-order valence-electron chi connectivity index (χ1n) is 22.4. The van der Waals surface area contributed by atoms with Gasteiger partial charge in [0.2, 0.25) is 0 Å². The van der Waals surface area contributed by atoms with Crippen molar-refractivity contribution >= 4 is 82.6 Å². The topological polar surface area (TPSA) is 69.9 Å². The van der Waals surface area contributed by atoms with Gasteiger partial charge >= 0.3 is 0 Å². The van der Waals surface area contributed by atoms with E-state index < -0.39 is 0 Å². The molecule has 6 heteroatoms. The van der Waals surface area contributed by atoms with E-state index in [1.165, 1.54) is 37.9 Å². The fraction of sp³-hybridized carbons (Fsp3) is 0.0678. The molecule has 0 aliphatic heterocycles. The van der Waals surface area contributed by atoms with Gasteiger partial charge in [-0.25, -0.2) is 15.0 Å². The summed E-state index contributed by atoms with van der Waals surface area (Å²) >= 11 is 0. The molecular weight excluding hydrogens is 797 g/mol. The highest BCUT2D eigenvalue weighted by atomic mass is 16.3. The second-order valence-corrected chi connectivity index (χ2v) is 17.3. The third-order valence-corrected chi connectivity index (χ3v) is 13.7. The molecule has 0 radical (unpaired) electrons. The van der Waals surface area contributed by atoms with Gasteiger partial charge in [0.15, 0.2) is 17.4 Å². The summed E-state index contributed by atoms with van der Waals surface area (Å²) in [6.45, 7) is 0. The number of para-hydroxylation sites is 2. The van der Waals surface area contributed by atoms with Gasteiger partial charge in [-0.3, -0.25) is 0 Å². The number of benzene rings is 8. The van der Waals surface area contributed by atoms with Gasteiger partial charge in [0.05, 0.1) is 22.6 Å². The number of aromatic nitrogens is 4. The maximum Gasteiger partial charge on any atom is 0.163 e. The molecule has 2 aliphatic carbocycles. The smallest absolute Gasteiger partial charge is 0.163 e. The molecular formula is C59H38N4O2. The van der Waals surface area contributed by atoms with Gasteiger partial charge < -0.3 is 13.4 Å². The van der Waals surface area contributed by atoms with Crippen molar-refractivity contribution in [1.29, 1.82) is 0 Å². The lowest BCUT2D eigenvalue weighted by Crippen LogP contribution is -2.15. The Morgan fingerprint density at radius 2 is 1.18 bits per heavy atom. The molecule has 0 amide bonds. The molecule has 0 bridgehead atoms. The minimum Gasteiger partial charge on any atom is -0.460 e. The van der Waals surface area contributed by atoms with E-state index in [0.29, 0.717) is 30.3 Å². The third-order valence-electron chi connectivity index (χ3n) is 13.7. The quantitative estimate of drug-likeness (QED) is 0.173. The minimum absolute atomic E-state index is 0.222. The summed E-state index contributed by atoms with van der Waals surface area (Å²) in [6, 6.07) is 62.3. The molecule has 4 aromatic heterocycles. The lowest BCUT2D eigenvalue weighted by Gasteiger charge is -2.23. The van der Waals surface area contributed by atoms with Crippen molar-refractivity contribution in [2.24, 2.45) is 0 Å². The lowest BCUT2D eigenvalue weighted by molar-refractivity contribution is 0.505. The van der Waals surface area contributed by atoms with E-state index in [9.17, 15) is 0 Å². The summed E-state index contributed by atoms with van der Waals surface area (Å²) in [7, 11) is 0. The summed E-state index contributed by atoms with van der Waals surface area (Å²) < 4.78 is 16.2. The number of hydrogen-bond acceptors (Lipinski definition) is 5. The summed E-state index contributed by atoms with van der Waals surface area (Å²) in [5, 5.41) is 9.40. The number of nitrogens with zero attached hydrogens (tertiary/aromatic N) is 4. The molecule has 1 unspecified atom stereocenters. The van der Waals surface area contributed by atoms with E-state index in [-0.39, 0.29) is 5.92 Å². The predicted molar refractivity (Wildman–Crippen MR) is 264 cm³/mol. The minimum atomic E-state index is -0.222. The van der Waals surface area contributed by atoms with Gasteiger partial charge in [-0.2, -0.15) is 0 Å². The molecule has 4 heterocycles. The third kappa shape index (κ3) is 5.57. The second kappa shape index (κ2) is 14.1. The number of furan rings is 2. The Morgan fingerprint density at radius 3 is 2.05 bits per heavy atom. The van der Waals surface area contributed by atoms with Crippen LogP contribution in [0.5, 0.6) is 0 Å². The molecule has 0 fully saturated rings. The highest BCUT2D eigenvalue weighted by Crippen LogP contribution is 2.48. The molecule has 14 rings (SSSR count). The lowest BCUT2D eigenvalue weighted by atomic mass is 9.90. The van der Waals surface area contributed by atoms with Crippen LogP contribution >= 0.6 is 0 Å². The monoisotopic (exact) mass is 834 g/mol. The fourth-order valence-corrected chi connectivity index (χ4v) is 10.7. The summed E-state index contributed by atoms with van der Waals surface area (Å²) in [6.07, 6.45) is 6.58. The van der Waals surface area contributed by atoms with E-state index >= 15 is 0 Å². The molecule has 0 saturated carbocycles. The molecule has 0 saturated heterocycles. The number of aryl methyl sites for hydroxylation is 1. The standard InChI is InChI=1S/C59H38N4O2/c1-2-14-35(15-3-1)37-19-12-20-40(32-37)57-60-58(62-59(61-57)47-25-13-24-44-42-22-8-10-26-51(42)64-55(44)47)46-30-29-45-43-23-9-11-27-52(43)65-56(45)54(46)63-49-31-28-36-16-6-7-21-41(36)53(49)48-33-38-17-4-5-18-39(38)34-50(48)63/h1-24,26-28,31-34,47H,25,29-30H2. The Morgan fingerprint density at radius 1 is 0.492 bits per heavy atom. The average molecular weight is 835 g/mol. The Bertz CT molecular complexity index is 4000. The number of fused-ring (bicyclic) bond motifs is 12. The van der Waals surface area contributed by atoms with Crippen LogP contribution in [0.4, 0.5) is 0 Å². The van der Waals surface area contributed by atoms with E-state index in [1.54, 1.807) is 0 Å². The maximum absolute atomic E-state index is 7.08. The van der Waals surface area contributed by atoms with Gasteiger partial charge in [-0.15, -0.1) is 0 Å². The number of rotatable bonds is 5. The molecule has 1 atom stereocenters. The van der Waals surface area contributed by atoms with Crippen LogP contribution in [0, 0.1) is 0 Å². The van der Waals surface area contributed by atoms with Gasteiger partial charge in [0.25, 0.3) is 0 Å². The van der Waals surface area contributed by atoms with Crippen LogP contribution in [0.1, 0.15) is 53.1 Å². The maximum atomic E-state index is 7.08. The van der Waals surface area contributed by atoms with E-state index in [4.69, 9.17) is 23.8 Å². The Hall–Kier alpha value is -8.35.